The van der Waals surface area contributed by atoms with Gasteiger partial charge in [0.2, 0.25) is 0 Å². The van der Waals surface area contributed by atoms with Crippen molar-refractivity contribution in [2.45, 2.75) is 44.4 Å². The molecule has 0 N–H and O–H groups in total. The molecule has 1 aromatic carbocycles. The van der Waals surface area contributed by atoms with E-state index >= 15 is 0 Å². The summed E-state index contributed by atoms with van der Waals surface area (Å²) < 4.78 is 5.19. The van der Waals surface area contributed by atoms with Gasteiger partial charge in [-0.05, 0) is 36.5 Å². The Bertz CT molecular complexity index is 362. The Kier molecular flexibility index (Phi) is 7.10. The van der Waals surface area contributed by atoms with Crippen LogP contribution in [0.2, 0.25) is 5.02 Å². The van der Waals surface area contributed by atoms with E-state index in [0.717, 1.165) is 5.75 Å². The molecule has 1 rings (SSSR count). The summed E-state index contributed by atoms with van der Waals surface area (Å²) >= 11 is 10.0. The lowest BCUT2D eigenvalue weighted by atomic mass is 9.91. The van der Waals surface area contributed by atoms with Crippen LogP contribution in [0.3, 0.4) is 0 Å². The second kappa shape index (κ2) is 8.06. The first kappa shape index (κ1) is 15.8. The summed E-state index contributed by atoms with van der Waals surface area (Å²) in [5.74, 6) is 1.41. The van der Waals surface area contributed by atoms with Crippen molar-refractivity contribution < 1.29 is 4.74 Å². The summed E-state index contributed by atoms with van der Waals surface area (Å²) in [6.07, 6.45) is 4.92. The number of hydrogen-bond donors (Lipinski definition) is 0. The molecule has 0 heterocycles. The van der Waals surface area contributed by atoms with E-state index in [1.54, 1.807) is 7.11 Å². The highest BCUT2D eigenvalue weighted by Gasteiger charge is 2.20. The van der Waals surface area contributed by atoms with E-state index in [4.69, 9.17) is 16.3 Å². The highest BCUT2D eigenvalue weighted by molar-refractivity contribution is 9.09. The molecule has 1 aromatic rings. The van der Waals surface area contributed by atoms with E-state index in [-0.39, 0.29) is 0 Å². The molecular weight excluding hydrogens is 312 g/mol. The van der Waals surface area contributed by atoms with Gasteiger partial charge < -0.3 is 4.74 Å². The van der Waals surface area contributed by atoms with E-state index < -0.39 is 0 Å². The first-order valence-corrected chi connectivity index (χ1v) is 7.90. The molecule has 0 fully saturated rings. The number of hydrogen-bond acceptors (Lipinski definition) is 1. The quantitative estimate of drug-likeness (QED) is 0.556. The van der Waals surface area contributed by atoms with Crippen molar-refractivity contribution in [2.24, 2.45) is 5.92 Å². The third-order valence-corrected chi connectivity index (χ3v) is 4.80. The molecule has 0 spiro atoms. The van der Waals surface area contributed by atoms with Crippen LogP contribution in [-0.2, 0) is 0 Å². The number of halogens is 2. The Morgan fingerprint density at radius 1 is 1.22 bits per heavy atom. The fraction of sp³-hybridized carbons (Fsp3) is 0.600. The maximum Gasteiger partial charge on any atom is 0.137 e. The molecule has 102 valence electrons. The van der Waals surface area contributed by atoms with Crippen LogP contribution >= 0.6 is 27.5 Å². The molecule has 0 aliphatic rings. The molecule has 1 nitrogen and oxygen atoms in total. The van der Waals surface area contributed by atoms with Gasteiger partial charge in [-0.15, -0.1) is 0 Å². The summed E-state index contributed by atoms with van der Waals surface area (Å²) in [5.41, 5.74) is 1.24. The summed E-state index contributed by atoms with van der Waals surface area (Å²) in [6.45, 7) is 4.48. The molecule has 0 amide bonds. The maximum atomic E-state index is 6.19. The standard InChI is InChI=1S/C15H22BrClO/c1-4-6-11(7-5-2)15(16)12-8-9-14(18-3)13(17)10-12/h8-11,15H,4-7H2,1-3H3. The molecular formula is C15H22BrClO. The Balaban J connectivity index is 2.86. The van der Waals surface area contributed by atoms with Crippen LogP contribution in [0.4, 0.5) is 0 Å². The minimum absolute atomic E-state index is 0.376. The maximum absolute atomic E-state index is 6.19. The topological polar surface area (TPSA) is 9.23 Å². The lowest BCUT2D eigenvalue weighted by Crippen LogP contribution is -2.07. The second-order valence-electron chi connectivity index (χ2n) is 4.63. The first-order chi connectivity index (χ1) is 8.63. The van der Waals surface area contributed by atoms with Gasteiger partial charge in [0.25, 0.3) is 0 Å². The zero-order chi connectivity index (χ0) is 13.5. The predicted octanol–water partition coefficient (Wildman–Crippen LogP) is 6.00. The highest BCUT2D eigenvalue weighted by atomic mass is 79.9. The second-order valence-corrected chi connectivity index (χ2v) is 6.03. The summed E-state index contributed by atoms with van der Waals surface area (Å²) in [7, 11) is 1.64. The molecule has 0 aliphatic carbocycles. The van der Waals surface area contributed by atoms with Gasteiger partial charge in [-0.25, -0.2) is 0 Å². The van der Waals surface area contributed by atoms with Crippen LogP contribution < -0.4 is 4.74 Å². The van der Waals surface area contributed by atoms with E-state index in [2.05, 4.69) is 35.8 Å². The van der Waals surface area contributed by atoms with Crippen LogP contribution in [0.15, 0.2) is 18.2 Å². The average molecular weight is 334 g/mol. The Morgan fingerprint density at radius 3 is 2.28 bits per heavy atom. The van der Waals surface area contributed by atoms with Crippen LogP contribution in [0.25, 0.3) is 0 Å². The Labute approximate surface area is 124 Å². The van der Waals surface area contributed by atoms with Gasteiger partial charge in [-0.1, -0.05) is 60.3 Å². The lowest BCUT2D eigenvalue weighted by molar-refractivity contribution is 0.413. The third-order valence-electron chi connectivity index (χ3n) is 3.23. The third kappa shape index (κ3) is 4.17. The van der Waals surface area contributed by atoms with E-state index in [0.29, 0.717) is 15.8 Å². The van der Waals surface area contributed by atoms with Crippen LogP contribution in [0.5, 0.6) is 5.75 Å². The van der Waals surface area contributed by atoms with Crippen LogP contribution in [0, 0.1) is 5.92 Å². The molecule has 0 saturated heterocycles. The number of methoxy groups -OCH3 is 1. The molecule has 0 aliphatic heterocycles. The van der Waals surface area contributed by atoms with E-state index in [1.165, 1.54) is 31.2 Å². The summed E-state index contributed by atoms with van der Waals surface area (Å²) in [6, 6.07) is 6.06. The van der Waals surface area contributed by atoms with Crippen molar-refractivity contribution in [3.63, 3.8) is 0 Å². The Hall–Kier alpha value is -0.210. The minimum atomic E-state index is 0.376. The van der Waals surface area contributed by atoms with Gasteiger partial charge in [-0.2, -0.15) is 0 Å². The van der Waals surface area contributed by atoms with Gasteiger partial charge in [0, 0.05) is 4.83 Å². The number of alkyl halides is 1. The summed E-state index contributed by atoms with van der Waals surface area (Å²) in [5, 5.41) is 0.686. The first-order valence-electron chi connectivity index (χ1n) is 6.61. The molecule has 0 aromatic heterocycles. The van der Waals surface area contributed by atoms with Gasteiger partial charge >= 0.3 is 0 Å². The number of benzene rings is 1. The Morgan fingerprint density at radius 2 is 1.83 bits per heavy atom. The largest absolute Gasteiger partial charge is 0.495 e. The zero-order valence-corrected chi connectivity index (χ0v) is 13.7. The fourth-order valence-electron chi connectivity index (χ4n) is 2.30. The normalized spacial score (nSPS) is 12.8. The van der Waals surface area contributed by atoms with E-state index in [1.807, 2.05) is 12.1 Å². The van der Waals surface area contributed by atoms with Crippen molar-refractivity contribution in [2.75, 3.05) is 7.11 Å². The van der Waals surface area contributed by atoms with Crippen molar-refractivity contribution in [3.8, 4) is 5.75 Å². The van der Waals surface area contributed by atoms with Gasteiger partial charge in [0.1, 0.15) is 5.75 Å². The molecule has 0 bridgehead atoms. The zero-order valence-electron chi connectivity index (χ0n) is 11.4. The monoisotopic (exact) mass is 332 g/mol. The van der Waals surface area contributed by atoms with Crippen LogP contribution in [0.1, 0.15) is 49.9 Å². The fourth-order valence-corrected chi connectivity index (χ4v) is 3.38. The van der Waals surface area contributed by atoms with E-state index in [9.17, 15) is 0 Å². The van der Waals surface area contributed by atoms with Crippen LogP contribution in [-0.4, -0.2) is 7.11 Å². The molecule has 1 atom stereocenters. The minimum Gasteiger partial charge on any atom is -0.495 e. The van der Waals surface area contributed by atoms with Gasteiger partial charge in [-0.3, -0.25) is 0 Å². The van der Waals surface area contributed by atoms with Gasteiger partial charge in [0.15, 0.2) is 0 Å². The summed E-state index contributed by atoms with van der Waals surface area (Å²) in [4.78, 5) is 0.376. The number of ether oxygens (including phenoxy) is 1. The van der Waals surface area contributed by atoms with Crippen molar-refractivity contribution in [1.82, 2.24) is 0 Å². The highest BCUT2D eigenvalue weighted by Crippen LogP contribution is 2.39. The number of rotatable bonds is 7. The van der Waals surface area contributed by atoms with Crippen molar-refractivity contribution >= 4 is 27.5 Å². The van der Waals surface area contributed by atoms with Gasteiger partial charge in [0.05, 0.1) is 12.1 Å². The average Bonchev–Trinajstić information content (AvgIpc) is 2.37. The molecule has 0 saturated carbocycles. The molecule has 1 unspecified atom stereocenters. The van der Waals surface area contributed by atoms with Crippen molar-refractivity contribution in [3.05, 3.63) is 28.8 Å². The SMILES string of the molecule is CCCC(CCC)C(Br)c1ccc(OC)c(Cl)c1. The smallest absolute Gasteiger partial charge is 0.137 e. The van der Waals surface area contributed by atoms with Crippen molar-refractivity contribution in [1.29, 1.82) is 0 Å². The predicted molar refractivity (Wildman–Crippen MR) is 83.0 cm³/mol. The molecule has 3 heteroatoms. The lowest BCUT2D eigenvalue weighted by Gasteiger charge is -2.22. The molecule has 0 radical (unpaired) electrons. The molecule has 18 heavy (non-hydrogen) atoms.